The maximum atomic E-state index is 8.77. The second kappa shape index (κ2) is 5.60. The first-order valence-electron chi connectivity index (χ1n) is 5.17. The number of nitrogens with zero attached hydrogens (tertiary/aromatic N) is 2. The number of nitriles is 2. The Labute approximate surface area is 80.2 Å². The molecule has 1 saturated carbocycles. The first-order valence-corrected chi connectivity index (χ1v) is 5.17. The smallest absolute Gasteiger partial charge is 0.136 e. The second-order valence-electron chi connectivity index (χ2n) is 3.84. The van der Waals surface area contributed by atoms with Crippen molar-refractivity contribution in [3.63, 3.8) is 0 Å². The van der Waals surface area contributed by atoms with Crippen LogP contribution in [0.2, 0.25) is 0 Å². The topological polar surface area (TPSA) is 47.6 Å². The van der Waals surface area contributed by atoms with Crippen LogP contribution < -0.4 is 0 Å². The van der Waals surface area contributed by atoms with Gasteiger partial charge in [-0.1, -0.05) is 32.1 Å². The van der Waals surface area contributed by atoms with Crippen LogP contribution in [0.15, 0.2) is 0 Å². The molecule has 2 heteroatoms. The molecular weight excluding hydrogens is 160 g/mol. The standard InChI is InChI=1S/C11H16N2/c12-8-11(9-13)10-6-4-2-1-3-5-7-10/h10-11H,1-7H2. The van der Waals surface area contributed by atoms with Crippen molar-refractivity contribution in [3.05, 3.63) is 0 Å². The third-order valence-electron chi connectivity index (χ3n) is 2.90. The van der Waals surface area contributed by atoms with Crippen molar-refractivity contribution in [1.29, 1.82) is 10.5 Å². The van der Waals surface area contributed by atoms with E-state index in [-0.39, 0.29) is 5.92 Å². The SMILES string of the molecule is N#CC(C#N)C1CCCCCCC1. The van der Waals surface area contributed by atoms with Crippen LogP contribution in [-0.2, 0) is 0 Å². The van der Waals surface area contributed by atoms with Gasteiger partial charge in [0.1, 0.15) is 5.92 Å². The molecule has 70 valence electrons. The van der Waals surface area contributed by atoms with Gasteiger partial charge in [0, 0.05) is 0 Å². The van der Waals surface area contributed by atoms with Gasteiger partial charge >= 0.3 is 0 Å². The van der Waals surface area contributed by atoms with Gasteiger partial charge in [-0.25, -0.2) is 0 Å². The minimum Gasteiger partial charge on any atom is -0.197 e. The molecule has 1 aliphatic rings. The van der Waals surface area contributed by atoms with Gasteiger partial charge < -0.3 is 0 Å². The fraction of sp³-hybridized carbons (Fsp3) is 0.818. The van der Waals surface area contributed by atoms with Gasteiger partial charge in [-0.05, 0) is 18.8 Å². The summed E-state index contributed by atoms with van der Waals surface area (Å²) in [5.74, 6) is -0.0200. The first-order chi connectivity index (χ1) is 6.38. The van der Waals surface area contributed by atoms with Gasteiger partial charge in [0.2, 0.25) is 0 Å². The molecule has 2 nitrogen and oxygen atoms in total. The van der Waals surface area contributed by atoms with E-state index in [0.29, 0.717) is 5.92 Å². The van der Waals surface area contributed by atoms with Crippen molar-refractivity contribution in [2.24, 2.45) is 11.8 Å². The van der Waals surface area contributed by atoms with E-state index in [1.807, 2.05) is 0 Å². The minimum absolute atomic E-state index is 0.343. The molecule has 0 aromatic carbocycles. The lowest BCUT2D eigenvalue weighted by molar-refractivity contribution is 0.346. The molecule has 1 aliphatic carbocycles. The highest BCUT2D eigenvalue weighted by Gasteiger charge is 2.21. The van der Waals surface area contributed by atoms with Crippen LogP contribution in [0.3, 0.4) is 0 Å². The largest absolute Gasteiger partial charge is 0.197 e. The lowest BCUT2D eigenvalue weighted by Gasteiger charge is -2.19. The highest BCUT2D eigenvalue weighted by molar-refractivity contribution is 5.02. The Morgan fingerprint density at radius 3 is 1.77 bits per heavy atom. The molecule has 0 radical (unpaired) electrons. The number of hydrogen-bond acceptors (Lipinski definition) is 2. The third-order valence-corrected chi connectivity index (χ3v) is 2.90. The molecule has 0 heterocycles. The number of rotatable bonds is 1. The average Bonchev–Trinajstić information content (AvgIpc) is 2.09. The Balaban J connectivity index is 2.46. The van der Waals surface area contributed by atoms with E-state index >= 15 is 0 Å². The van der Waals surface area contributed by atoms with Crippen LogP contribution in [0, 0.1) is 34.5 Å². The van der Waals surface area contributed by atoms with Crippen molar-refractivity contribution >= 4 is 0 Å². The Morgan fingerprint density at radius 2 is 1.31 bits per heavy atom. The van der Waals surface area contributed by atoms with Crippen molar-refractivity contribution < 1.29 is 0 Å². The average molecular weight is 176 g/mol. The molecule has 0 amide bonds. The molecule has 0 bridgehead atoms. The van der Waals surface area contributed by atoms with Crippen molar-refractivity contribution in [3.8, 4) is 12.1 Å². The molecule has 0 unspecified atom stereocenters. The Kier molecular flexibility index (Phi) is 4.33. The quantitative estimate of drug-likeness (QED) is 0.616. The maximum Gasteiger partial charge on any atom is 0.136 e. The van der Waals surface area contributed by atoms with E-state index in [9.17, 15) is 0 Å². The van der Waals surface area contributed by atoms with Crippen LogP contribution in [0.5, 0.6) is 0 Å². The lowest BCUT2D eigenvalue weighted by Crippen LogP contribution is -2.13. The van der Waals surface area contributed by atoms with Crippen LogP contribution in [0.4, 0.5) is 0 Å². The summed E-state index contributed by atoms with van der Waals surface area (Å²) in [6, 6.07) is 4.22. The zero-order valence-electron chi connectivity index (χ0n) is 8.00. The molecule has 0 aromatic rings. The van der Waals surface area contributed by atoms with E-state index in [2.05, 4.69) is 12.1 Å². The summed E-state index contributed by atoms with van der Waals surface area (Å²) in [5.41, 5.74) is 0. The Morgan fingerprint density at radius 1 is 0.846 bits per heavy atom. The van der Waals surface area contributed by atoms with Crippen LogP contribution >= 0.6 is 0 Å². The van der Waals surface area contributed by atoms with E-state index in [4.69, 9.17) is 10.5 Å². The van der Waals surface area contributed by atoms with Crippen LogP contribution in [0.1, 0.15) is 44.9 Å². The van der Waals surface area contributed by atoms with Gasteiger partial charge in [0.05, 0.1) is 12.1 Å². The summed E-state index contributed by atoms with van der Waals surface area (Å²) in [6.07, 6.45) is 8.43. The predicted molar refractivity (Wildman–Crippen MR) is 50.5 cm³/mol. The highest BCUT2D eigenvalue weighted by atomic mass is 14.4. The molecule has 0 saturated heterocycles. The second-order valence-corrected chi connectivity index (χ2v) is 3.84. The van der Waals surface area contributed by atoms with Crippen molar-refractivity contribution in [1.82, 2.24) is 0 Å². The van der Waals surface area contributed by atoms with E-state index < -0.39 is 0 Å². The number of hydrogen-bond donors (Lipinski definition) is 0. The van der Waals surface area contributed by atoms with E-state index in [0.717, 1.165) is 12.8 Å². The first kappa shape index (κ1) is 10.1. The summed E-state index contributed by atoms with van der Waals surface area (Å²) in [5, 5.41) is 17.5. The van der Waals surface area contributed by atoms with E-state index in [1.165, 1.54) is 32.1 Å². The molecule has 0 spiro atoms. The molecule has 0 aromatic heterocycles. The third kappa shape index (κ3) is 3.07. The zero-order chi connectivity index (χ0) is 9.52. The van der Waals surface area contributed by atoms with Gasteiger partial charge in [-0.2, -0.15) is 10.5 Å². The normalized spacial score (nSPS) is 19.9. The fourth-order valence-electron chi connectivity index (χ4n) is 2.06. The summed E-state index contributed by atoms with van der Waals surface area (Å²) in [7, 11) is 0. The van der Waals surface area contributed by atoms with Crippen LogP contribution in [0.25, 0.3) is 0 Å². The Hall–Kier alpha value is -1.02. The summed E-state index contributed by atoms with van der Waals surface area (Å²) >= 11 is 0. The van der Waals surface area contributed by atoms with Crippen molar-refractivity contribution in [2.45, 2.75) is 44.9 Å². The molecule has 13 heavy (non-hydrogen) atoms. The van der Waals surface area contributed by atoms with Gasteiger partial charge in [-0.15, -0.1) is 0 Å². The highest BCUT2D eigenvalue weighted by Crippen LogP contribution is 2.27. The van der Waals surface area contributed by atoms with Crippen molar-refractivity contribution in [2.75, 3.05) is 0 Å². The lowest BCUT2D eigenvalue weighted by atomic mass is 9.83. The summed E-state index contributed by atoms with van der Waals surface area (Å²) in [4.78, 5) is 0. The zero-order valence-corrected chi connectivity index (χ0v) is 8.00. The minimum atomic E-state index is -0.363. The molecule has 0 N–H and O–H groups in total. The molecular formula is C11H16N2. The monoisotopic (exact) mass is 176 g/mol. The molecule has 0 aliphatic heterocycles. The van der Waals surface area contributed by atoms with Gasteiger partial charge in [0.15, 0.2) is 0 Å². The van der Waals surface area contributed by atoms with Gasteiger partial charge in [0.25, 0.3) is 0 Å². The summed E-state index contributed by atoms with van der Waals surface area (Å²) in [6.45, 7) is 0. The van der Waals surface area contributed by atoms with Crippen LogP contribution in [-0.4, -0.2) is 0 Å². The Bertz CT molecular complexity index is 199. The maximum absolute atomic E-state index is 8.77. The molecule has 0 atom stereocenters. The summed E-state index contributed by atoms with van der Waals surface area (Å²) < 4.78 is 0. The predicted octanol–water partition coefficient (Wildman–Crippen LogP) is 3.01. The molecule has 1 fully saturated rings. The fourth-order valence-corrected chi connectivity index (χ4v) is 2.06. The van der Waals surface area contributed by atoms with E-state index in [1.54, 1.807) is 0 Å². The molecule has 1 rings (SSSR count). The van der Waals surface area contributed by atoms with Gasteiger partial charge in [-0.3, -0.25) is 0 Å².